The Labute approximate surface area is 215 Å². The van der Waals surface area contributed by atoms with Crippen molar-refractivity contribution in [2.24, 2.45) is 5.41 Å². The average molecular weight is 534 g/mol. The van der Waals surface area contributed by atoms with Gasteiger partial charge in [-0.25, -0.2) is 9.78 Å². The Hall–Kier alpha value is -3.12. The third-order valence-electron chi connectivity index (χ3n) is 5.62. The average Bonchev–Trinajstić information content (AvgIpc) is 3.08. The second-order valence-electron chi connectivity index (χ2n) is 10.9. The molecule has 0 spiro atoms. The van der Waals surface area contributed by atoms with Crippen LogP contribution in [0.4, 0.5) is 5.82 Å². The summed E-state index contributed by atoms with van der Waals surface area (Å²) in [5.41, 5.74) is 3.89. The minimum absolute atomic E-state index is 0.144. The molecule has 2 aromatic carbocycles. The first-order chi connectivity index (χ1) is 16.4. The van der Waals surface area contributed by atoms with Crippen molar-refractivity contribution < 1.29 is 9.53 Å². The number of ether oxygens (including phenoxy) is 1. The number of anilines is 1. The monoisotopic (exact) mass is 533 g/mol. The Balaban J connectivity index is 1.80. The molecule has 0 saturated carbocycles. The van der Waals surface area contributed by atoms with E-state index in [4.69, 9.17) is 9.72 Å². The first-order valence-electron chi connectivity index (χ1n) is 11.8. The van der Waals surface area contributed by atoms with E-state index in [1.54, 1.807) is 12.1 Å². The number of hydrogen-bond donors (Lipinski definition) is 1. The van der Waals surface area contributed by atoms with Gasteiger partial charge in [-0.2, -0.15) is 0 Å². The zero-order valence-corrected chi connectivity index (χ0v) is 22.7. The lowest BCUT2D eigenvalue weighted by atomic mass is 9.82. The van der Waals surface area contributed by atoms with Gasteiger partial charge in [0.05, 0.1) is 5.56 Å². The molecule has 0 saturated heterocycles. The Bertz CT molecular complexity index is 1380. The van der Waals surface area contributed by atoms with E-state index in [9.17, 15) is 4.79 Å². The molecule has 0 aliphatic heterocycles. The molecule has 6 heteroatoms. The third kappa shape index (κ3) is 5.93. The highest BCUT2D eigenvalue weighted by atomic mass is 79.9. The van der Waals surface area contributed by atoms with Crippen LogP contribution in [0.1, 0.15) is 57.0 Å². The van der Waals surface area contributed by atoms with Crippen LogP contribution in [0.25, 0.3) is 16.9 Å². The van der Waals surface area contributed by atoms with Gasteiger partial charge in [-0.15, -0.1) is 0 Å². The molecular weight excluding hydrogens is 502 g/mol. The zero-order chi connectivity index (χ0) is 25.4. The van der Waals surface area contributed by atoms with E-state index in [1.165, 1.54) is 0 Å². The van der Waals surface area contributed by atoms with Gasteiger partial charge >= 0.3 is 5.97 Å². The van der Waals surface area contributed by atoms with Crippen molar-refractivity contribution in [2.45, 2.75) is 53.5 Å². The number of aromatic nitrogens is 2. The molecule has 1 N–H and O–H groups in total. The molecule has 5 nitrogen and oxygen atoms in total. The summed E-state index contributed by atoms with van der Waals surface area (Å²) in [7, 11) is 0. The molecule has 0 aliphatic carbocycles. The number of halogens is 1. The van der Waals surface area contributed by atoms with Gasteiger partial charge in [-0.05, 0) is 80.6 Å². The Kier molecular flexibility index (Phi) is 6.78. The number of fused-ring (bicyclic) bond motifs is 1. The number of para-hydroxylation sites is 1. The number of aryl methyl sites for hydroxylation is 1. The number of rotatable bonds is 6. The van der Waals surface area contributed by atoms with Crippen molar-refractivity contribution in [3.8, 4) is 17.0 Å². The molecule has 2 heterocycles. The SMILES string of the molecule is Cc1ccn2c(NC(C)(C)CC(C)(C)C)c(-c3ccccc3OC(=O)c3cccc(Br)c3)nc2c1. The summed E-state index contributed by atoms with van der Waals surface area (Å²) in [6, 6.07) is 18.9. The van der Waals surface area contributed by atoms with Crippen LogP contribution in [0.2, 0.25) is 0 Å². The molecule has 0 radical (unpaired) electrons. The van der Waals surface area contributed by atoms with Gasteiger partial charge in [0.25, 0.3) is 0 Å². The first kappa shape index (κ1) is 25.0. The maximum absolute atomic E-state index is 13.0. The molecule has 0 unspecified atom stereocenters. The normalized spacial score (nSPS) is 12.1. The number of benzene rings is 2. The van der Waals surface area contributed by atoms with E-state index in [0.717, 1.165) is 39.2 Å². The van der Waals surface area contributed by atoms with Crippen LogP contribution in [-0.4, -0.2) is 20.9 Å². The Morgan fingerprint density at radius 2 is 1.77 bits per heavy atom. The fourth-order valence-corrected chi connectivity index (χ4v) is 5.07. The van der Waals surface area contributed by atoms with Gasteiger partial charge in [0.2, 0.25) is 0 Å². The Morgan fingerprint density at radius 1 is 1.03 bits per heavy atom. The van der Waals surface area contributed by atoms with Crippen LogP contribution in [-0.2, 0) is 0 Å². The molecule has 0 atom stereocenters. The van der Waals surface area contributed by atoms with Crippen LogP contribution >= 0.6 is 15.9 Å². The summed E-state index contributed by atoms with van der Waals surface area (Å²) in [6.07, 6.45) is 2.99. The van der Waals surface area contributed by atoms with Crippen LogP contribution in [0.15, 0.2) is 71.3 Å². The molecule has 4 rings (SSSR count). The van der Waals surface area contributed by atoms with E-state index < -0.39 is 5.97 Å². The number of pyridine rings is 1. The first-order valence-corrected chi connectivity index (χ1v) is 12.6. The number of imidazole rings is 1. The second kappa shape index (κ2) is 9.50. The minimum Gasteiger partial charge on any atom is -0.422 e. The molecule has 4 aromatic rings. The highest BCUT2D eigenvalue weighted by Gasteiger charge is 2.29. The lowest BCUT2D eigenvalue weighted by Gasteiger charge is -2.34. The summed E-state index contributed by atoms with van der Waals surface area (Å²) in [4.78, 5) is 17.9. The van der Waals surface area contributed by atoms with Crippen molar-refractivity contribution in [3.63, 3.8) is 0 Å². The zero-order valence-electron chi connectivity index (χ0n) is 21.1. The van der Waals surface area contributed by atoms with Gasteiger partial charge in [0, 0.05) is 21.8 Å². The number of nitrogens with one attached hydrogen (secondary N) is 1. The van der Waals surface area contributed by atoms with Crippen LogP contribution in [0, 0.1) is 12.3 Å². The predicted molar refractivity (Wildman–Crippen MR) is 146 cm³/mol. The second-order valence-corrected chi connectivity index (χ2v) is 11.8. The third-order valence-corrected chi connectivity index (χ3v) is 6.11. The molecule has 0 aliphatic rings. The highest BCUT2D eigenvalue weighted by molar-refractivity contribution is 9.10. The van der Waals surface area contributed by atoms with Gasteiger partial charge in [0.15, 0.2) is 0 Å². The van der Waals surface area contributed by atoms with Gasteiger partial charge < -0.3 is 10.1 Å². The number of nitrogens with zero attached hydrogens (tertiary/aromatic N) is 2. The van der Waals surface area contributed by atoms with Gasteiger partial charge in [-0.3, -0.25) is 4.40 Å². The molecule has 0 fully saturated rings. The van der Waals surface area contributed by atoms with E-state index in [1.807, 2.05) is 42.6 Å². The number of carbonyl (C=O) groups excluding carboxylic acids is 1. The van der Waals surface area contributed by atoms with Crippen LogP contribution in [0.5, 0.6) is 5.75 Å². The topological polar surface area (TPSA) is 55.6 Å². The summed E-state index contributed by atoms with van der Waals surface area (Å²) >= 11 is 3.42. The van der Waals surface area contributed by atoms with Gasteiger partial charge in [0.1, 0.15) is 22.9 Å². The summed E-state index contributed by atoms with van der Waals surface area (Å²) in [5, 5.41) is 3.76. The smallest absolute Gasteiger partial charge is 0.343 e. The number of carbonyl (C=O) groups is 1. The largest absolute Gasteiger partial charge is 0.422 e. The minimum atomic E-state index is -0.416. The van der Waals surface area contributed by atoms with Crippen molar-refractivity contribution in [1.82, 2.24) is 9.38 Å². The van der Waals surface area contributed by atoms with Crippen molar-refractivity contribution >= 4 is 33.4 Å². The van der Waals surface area contributed by atoms with Crippen LogP contribution < -0.4 is 10.1 Å². The van der Waals surface area contributed by atoms with Gasteiger partial charge in [-0.1, -0.05) is 54.9 Å². The van der Waals surface area contributed by atoms with Crippen molar-refractivity contribution in [1.29, 1.82) is 0 Å². The lowest BCUT2D eigenvalue weighted by molar-refractivity contribution is 0.0735. The summed E-state index contributed by atoms with van der Waals surface area (Å²) in [5.74, 6) is 0.926. The standard InChI is InChI=1S/C29H32BrN3O2/c1-19-14-15-33-24(16-19)31-25(26(33)32-29(5,6)18-28(2,3)4)22-12-7-8-13-23(22)35-27(34)20-10-9-11-21(30)17-20/h7-17,32H,18H2,1-6H3. The summed E-state index contributed by atoms with van der Waals surface area (Å²) < 4.78 is 8.78. The maximum atomic E-state index is 13.0. The quantitative estimate of drug-likeness (QED) is 0.202. The molecular formula is C29H32BrN3O2. The van der Waals surface area contributed by atoms with Crippen molar-refractivity contribution in [3.05, 3.63) is 82.5 Å². The Morgan fingerprint density at radius 3 is 2.49 bits per heavy atom. The van der Waals surface area contributed by atoms with Crippen molar-refractivity contribution in [2.75, 3.05) is 5.32 Å². The van der Waals surface area contributed by atoms with E-state index in [0.29, 0.717) is 11.3 Å². The van der Waals surface area contributed by atoms with E-state index >= 15 is 0 Å². The van der Waals surface area contributed by atoms with E-state index in [-0.39, 0.29) is 11.0 Å². The molecule has 35 heavy (non-hydrogen) atoms. The summed E-state index contributed by atoms with van der Waals surface area (Å²) in [6.45, 7) is 13.2. The highest BCUT2D eigenvalue weighted by Crippen LogP contribution is 2.38. The number of esters is 1. The predicted octanol–water partition coefficient (Wildman–Crippen LogP) is 7.92. The molecule has 182 valence electrons. The molecule has 2 aromatic heterocycles. The lowest BCUT2D eigenvalue weighted by Crippen LogP contribution is -2.36. The fraction of sp³-hybridized carbons (Fsp3) is 0.310. The number of hydrogen-bond acceptors (Lipinski definition) is 4. The van der Waals surface area contributed by atoms with Crippen LogP contribution in [0.3, 0.4) is 0 Å². The maximum Gasteiger partial charge on any atom is 0.343 e. The van der Waals surface area contributed by atoms with E-state index in [2.05, 4.69) is 79.3 Å². The molecule has 0 bridgehead atoms. The fourth-order valence-electron chi connectivity index (χ4n) is 4.67. The molecule has 0 amide bonds.